The van der Waals surface area contributed by atoms with Gasteiger partial charge in [0.1, 0.15) is 16.7 Å². The summed E-state index contributed by atoms with van der Waals surface area (Å²) in [5, 5.41) is 57.0. The van der Waals surface area contributed by atoms with Gasteiger partial charge >= 0.3 is 29.8 Å². The molecule has 0 spiro atoms. The molecule has 0 aliphatic carbocycles. The van der Waals surface area contributed by atoms with E-state index in [0.29, 0.717) is 12.8 Å². The molecule has 4 heterocycles. The van der Waals surface area contributed by atoms with Crippen LogP contribution in [0.3, 0.4) is 0 Å². The van der Waals surface area contributed by atoms with Crippen molar-refractivity contribution >= 4 is 86.0 Å². The van der Waals surface area contributed by atoms with Crippen molar-refractivity contribution < 1.29 is 59.5 Å². The predicted molar refractivity (Wildman–Crippen MR) is 272 cm³/mol. The highest BCUT2D eigenvalue weighted by Crippen LogP contribution is 2.19. The van der Waals surface area contributed by atoms with E-state index in [-0.39, 0.29) is 70.5 Å². The minimum absolute atomic E-state index is 0. The predicted octanol–water partition coefficient (Wildman–Crippen LogP) is 8.49. The molecule has 20 nitrogen and oxygen atoms in total. The Morgan fingerprint density at radius 3 is 1.22 bits per heavy atom. The molecule has 1 amide bonds. The third-order valence-electron chi connectivity index (χ3n) is 9.39. The van der Waals surface area contributed by atoms with Gasteiger partial charge in [0.25, 0.3) is 0 Å². The largest absolute Gasteiger partial charge is 0.481 e. The first-order valence-electron chi connectivity index (χ1n) is 20.6. The monoisotopic (exact) mass is 1000 g/mol. The van der Waals surface area contributed by atoms with Gasteiger partial charge in [-0.05, 0) is 69.8 Å². The molecule has 0 aliphatic rings. The van der Waals surface area contributed by atoms with E-state index in [0.717, 1.165) is 21.9 Å². The van der Waals surface area contributed by atoms with E-state index >= 15 is 0 Å². The Morgan fingerprint density at radius 1 is 0.472 bits per heavy atom. The molecule has 21 heteroatoms. The van der Waals surface area contributed by atoms with Crippen molar-refractivity contribution in [3.05, 3.63) is 197 Å². The number of aromatic nitrogens is 4. The Labute approximate surface area is 417 Å². The standard InChI is InChI=1S/C19H16N2O3.C13H12O2.C6H4ClNO2.2C6H6N2O2.CH4.H3NO/c22-18(21-17-9-10-20-12-16(17)19(23)24)8-6-13-5-7-14-3-1-2-4-15(14)11-13;14-13(15)8-6-10-5-7-11-3-1-2-4-12(11)9-10;3*7-5-1-2-8-3-4(5)6(9)10;;1-2/h1-5,7,9-12H,6,8H2,(H,23,24)(H,20,21,22);1-5,7,9H,6,8H2,(H,14,15);1-3H,(H,9,10);2*1-3H,(H2,7,8)(H,9,10);1H4;2H,1H2. The van der Waals surface area contributed by atoms with Crippen LogP contribution in [0.25, 0.3) is 21.5 Å². The van der Waals surface area contributed by atoms with Gasteiger partial charge in [0, 0.05) is 73.8 Å². The summed E-state index contributed by atoms with van der Waals surface area (Å²) in [4.78, 5) is 79.1. The molecule has 4 aromatic heterocycles. The second-order valence-corrected chi connectivity index (χ2v) is 14.6. The number of rotatable bonds is 11. The van der Waals surface area contributed by atoms with Crippen LogP contribution in [0.2, 0.25) is 5.02 Å². The maximum absolute atomic E-state index is 12.1. The molecule has 4 aromatic carbocycles. The summed E-state index contributed by atoms with van der Waals surface area (Å²) in [5.41, 5.74) is 13.6. The zero-order chi connectivity index (χ0) is 52.3. The van der Waals surface area contributed by atoms with Gasteiger partial charge in [-0.1, -0.05) is 104 Å². The van der Waals surface area contributed by atoms with E-state index in [1.54, 1.807) is 0 Å². The van der Waals surface area contributed by atoms with Crippen molar-refractivity contribution in [2.45, 2.75) is 33.1 Å². The summed E-state index contributed by atoms with van der Waals surface area (Å²) >= 11 is 5.50. The number of hydrogen-bond donors (Lipinski definition) is 10. The maximum atomic E-state index is 12.1. The molecule has 0 aliphatic heterocycles. The normalized spacial score (nSPS) is 9.60. The minimum atomic E-state index is -1.12. The number of aryl methyl sites for hydroxylation is 2. The van der Waals surface area contributed by atoms with E-state index in [1.807, 2.05) is 66.7 Å². The smallest absolute Gasteiger partial charge is 0.339 e. The van der Waals surface area contributed by atoms with E-state index in [1.165, 1.54) is 84.6 Å². The fraction of sp³-hybridized carbons (Fsp3) is 0.0980. The van der Waals surface area contributed by atoms with Crippen LogP contribution in [-0.2, 0) is 22.4 Å². The molecule has 8 rings (SSSR count). The lowest BCUT2D eigenvalue weighted by molar-refractivity contribution is -0.137. The number of aliphatic carboxylic acids is 1. The van der Waals surface area contributed by atoms with Gasteiger partial charge in [0.2, 0.25) is 5.91 Å². The Hall–Kier alpha value is -9.37. The van der Waals surface area contributed by atoms with Gasteiger partial charge in [-0.25, -0.2) is 25.1 Å². The molecule has 0 saturated heterocycles. The van der Waals surface area contributed by atoms with Crippen LogP contribution < -0.4 is 22.7 Å². The van der Waals surface area contributed by atoms with Crippen LogP contribution in [-0.4, -0.2) is 86.4 Å². The lowest BCUT2D eigenvalue weighted by Crippen LogP contribution is -2.15. The number of nitrogens with two attached hydrogens (primary N) is 3. The number of hydrogen-bond acceptors (Lipinski definition) is 14. The third-order valence-corrected chi connectivity index (χ3v) is 9.72. The van der Waals surface area contributed by atoms with Crippen LogP contribution in [0.4, 0.5) is 17.1 Å². The van der Waals surface area contributed by atoms with Crippen molar-refractivity contribution in [2.75, 3.05) is 16.8 Å². The zero-order valence-corrected chi connectivity index (χ0v) is 38.1. The number of carboxylic acids is 5. The number of fused-ring (bicyclic) bond motifs is 2. The number of carbonyl (C=O) groups is 6. The first kappa shape index (κ1) is 58.8. The number of nitrogens with zero attached hydrogens (tertiary/aromatic N) is 4. The Bertz CT molecular complexity index is 2960. The van der Waals surface area contributed by atoms with Crippen LogP contribution >= 0.6 is 11.6 Å². The van der Waals surface area contributed by atoms with Gasteiger partial charge in [0.15, 0.2) is 0 Å². The molecule has 8 aromatic rings. The number of amides is 1. The second kappa shape index (κ2) is 30.9. The van der Waals surface area contributed by atoms with Crippen molar-refractivity contribution in [2.24, 2.45) is 5.90 Å². The van der Waals surface area contributed by atoms with Gasteiger partial charge in [-0.3, -0.25) is 29.5 Å². The maximum Gasteiger partial charge on any atom is 0.339 e. The first-order chi connectivity index (χ1) is 34.0. The highest BCUT2D eigenvalue weighted by molar-refractivity contribution is 6.33. The quantitative estimate of drug-likeness (QED) is 0.0543. The molecule has 374 valence electrons. The van der Waals surface area contributed by atoms with Crippen LogP contribution in [0.1, 0.15) is 72.8 Å². The Balaban J connectivity index is 0.000000321. The molecule has 0 unspecified atom stereocenters. The van der Waals surface area contributed by atoms with E-state index in [9.17, 15) is 28.8 Å². The third kappa shape index (κ3) is 19.7. The average Bonchev–Trinajstić information content (AvgIpc) is 3.36. The second-order valence-electron chi connectivity index (χ2n) is 14.2. The number of halogens is 1. The Kier molecular flexibility index (Phi) is 25.2. The summed E-state index contributed by atoms with van der Waals surface area (Å²) < 4.78 is 0. The fourth-order valence-corrected chi connectivity index (χ4v) is 6.07. The first-order valence-corrected chi connectivity index (χ1v) is 21.0. The molecule has 72 heavy (non-hydrogen) atoms. The van der Waals surface area contributed by atoms with Crippen molar-refractivity contribution in [3.63, 3.8) is 0 Å². The minimum Gasteiger partial charge on any atom is -0.481 e. The SMILES string of the molecule is C.NO.Nc1ccncc1C(=O)O.Nc1ccncc1C(=O)O.O=C(CCc1ccc2ccccc2c1)Nc1ccncc1C(=O)O.O=C(O)CCc1ccc2ccccc2c1.O=C(O)c1cnccc1Cl. The molecule has 0 radical (unpaired) electrons. The summed E-state index contributed by atoms with van der Waals surface area (Å²) in [6, 6.07) is 34.1. The number of carboxylic acid groups (broad SMARTS) is 5. The van der Waals surface area contributed by atoms with Gasteiger partial charge in [-0.15, -0.1) is 0 Å². The number of carbonyl (C=O) groups excluding carboxylic acids is 1. The molecule has 0 fully saturated rings. The highest BCUT2D eigenvalue weighted by Gasteiger charge is 2.13. The van der Waals surface area contributed by atoms with Crippen LogP contribution in [0, 0.1) is 0 Å². The van der Waals surface area contributed by atoms with Gasteiger partial charge in [-0.2, -0.15) is 0 Å². The van der Waals surface area contributed by atoms with E-state index in [4.69, 9.17) is 53.8 Å². The number of benzene rings is 4. The summed E-state index contributed by atoms with van der Waals surface area (Å²) in [6.45, 7) is 0. The number of nitrogen functional groups attached to an aromatic ring is 2. The average molecular weight is 1000 g/mol. The van der Waals surface area contributed by atoms with Gasteiger partial charge in [0.05, 0.1) is 16.3 Å². The summed E-state index contributed by atoms with van der Waals surface area (Å²) in [5.74, 6) is -1.75. The molecule has 0 saturated carbocycles. The zero-order valence-electron chi connectivity index (χ0n) is 37.4. The molecule has 0 atom stereocenters. The molecular weight excluding hydrogens is 952 g/mol. The number of aromatic carboxylic acids is 4. The summed E-state index contributed by atoms with van der Waals surface area (Å²) in [7, 11) is 0. The van der Waals surface area contributed by atoms with Crippen molar-refractivity contribution in [1.29, 1.82) is 0 Å². The Morgan fingerprint density at radius 2 is 0.847 bits per heavy atom. The fourth-order valence-electron chi connectivity index (χ4n) is 5.89. The molecule has 0 bridgehead atoms. The summed E-state index contributed by atoms with van der Waals surface area (Å²) in [6.07, 6.45) is 12.3. The lowest BCUT2D eigenvalue weighted by atomic mass is 10.0. The molecule has 13 N–H and O–H groups in total. The van der Waals surface area contributed by atoms with Crippen LogP contribution in [0.5, 0.6) is 0 Å². The lowest BCUT2D eigenvalue weighted by Gasteiger charge is -2.08. The topological polar surface area (TPSA) is 365 Å². The highest BCUT2D eigenvalue weighted by atomic mass is 35.5. The number of pyridine rings is 4. The number of anilines is 3. The van der Waals surface area contributed by atoms with Crippen LogP contribution in [0.15, 0.2) is 159 Å². The molecular formula is C51H51ClN8O12. The van der Waals surface area contributed by atoms with Crippen molar-refractivity contribution in [1.82, 2.24) is 19.9 Å². The number of nitrogens with one attached hydrogen (secondary N) is 1. The van der Waals surface area contributed by atoms with Crippen molar-refractivity contribution in [3.8, 4) is 0 Å². The van der Waals surface area contributed by atoms with Gasteiger partial charge < -0.3 is 47.5 Å². The van der Waals surface area contributed by atoms with E-state index in [2.05, 4.69) is 49.3 Å². The van der Waals surface area contributed by atoms with E-state index < -0.39 is 29.8 Å².